The molecular weight excluding hydrogens is 179 g/mol. The average molecular weight is 196 g/mol. The summed E-state index contributed by atoms with van der Waals surface area (Å²) < 4.78 is 22.2. The maximum Gasteiger partial charge on any atom is 0.224 e. The van der Waals surface area contributed by atoms with Crippen LogP contribution < -0.4 is 0 Å². The maximum atomic E-state index is 12.5. The molecule has 0 heterocycles. The molecule has 0 aliphatic carbocycles. The fourth-order valence-corrected chi connectivity index (χ4v) is 0.710. The number of hydrogen-bond donors (Lipinski definition) is 2. The van der Waals surface area contributed by atoms with Crippen molar-refractivity contribution in [3.05, 3.63) is 0 Å². The smallest absolute Gasteiger partial charge is 0.224 e. The lowest BCUT2D eigenvalue weighted by Gasteiger charge is -2.26. The van der Waals surface area contributed by atoms with Crippen LogP contribution in [0.5, 0.6) is 0 Å². The monoisotopic (exact) mass is 196 g/mol. The van der Waals surface area contributed by atoms with Crippen LogP contribution in [0.4, 0.5) is 4.39 Å². The molecule has 80 valence electrons. The van der Waals surface area contributed by atoms with Crippen molar-refractivity contribution >= 4 is 0 Å². The van der Waals surface area contributed by atoms with Crippen LogP contribution in [0.1, 0.15) is 20.8 Å². The van der Waals surface area contributed by atoms with Gasteiger partial charge in [0, 0.05) is 0 Å². The van der Waals surface area contributed by atoms with E-state index in [0.717, 1.165) is 0 Å². The van der Waals surface area contributed by atoms with Gasteiger partial charge >= 0.3 is 0 Å². The first-order valence-electron chi connectivity index (χ1n) is 4.08. The summed E-state index contributed by atoms with van der Waals surface area (Å²) in [5.41, 5.74) is -0.525. The Labute approximate surface area is 77.3 Å². The summed E-state index contributed by atoms with van der Waals surface area (Å²) in [6.07, 6.45) is -2.86. The molecule has 0 aromatic heterocycles. The molecule has 0 spiro atoms. The van der Waals surface area contributed by atoms with E-state index in [0.29, 0.717) is 0 Å². The molecule has 0 bridgehead atoms. The molecule has 0 aromatic carbocycles. The molecule has 0 aromatic rings. The van der Waals surface area contributed by atoms with Gasteiger partial charge in [0.1, 0.15) is 0 Å². The van der Waals surface area contributed by atoms with Gasteiger partial charge in [-0.3, -0.25) is 0 Å². The highest BCUT2D eigenvalue weighted by molar-refractivity contribution is 4.60. The Bertz CT molecular complexity index is 135. The fraction of sp³-hybridized carbons (Fsp3) is 1.00. The first kappa shape index (κ1) is 12.8. The quantitative estimate of drug-likeness (QED) is 0.626. The summed E-state index contributed by atoms with van der Waals surface area (Å²) >= 11 is 0. The normalized spacial score (nSPS) is 17.1. The van der Waals surface area contributed by atoms with Gasteiger partial charge in [0.2, 0.25) is 6.36 Å². The lowest BCUT2D eigenvalue weighted by Crippen LogP contribution is -2.34. The number of rotatable bonds is 5. The number of aliphatic hydroxyl groups excluding tert-OH is 2. The third kappa shape index (κ3) is 6.89. The van der Waals surface area contributed by atoms with E-state index in [-0.39, 0.29) is 0 Å². The molecule has 0 saturated heterocycles. The molecule has 0 fully saturated rings. The van der Waals surface area contributed by atoms with Crippen molar-refractivity contribution in [2.24, 2.45) is 0 Å². The minimum atomic E-state index is -1.82. The van der Waals surface area contributed by atoms with E-state index in [2.05, 4.69) is 4.74 Å². The van der Waals surface area contributed by atoms with Gasteiger partial charge < -0.3 is 19.7 Å². The Morgan fingerprint density at radius 3 is 2.08 bits per heavy atom. The molecule has 5 heteroatoms. The van der Waals surface area contributed by atoms with Gasteiger partial charge in [-0.15, -0.1) is 0 Å². The van der Waals surface area contributed by atoms with Crippen molar-refractivity contribution in [3.63, 3.8) is 0 Å². The number of ether oxygens (including phenoxy) is 2. The van der Waals surface area contributed by atoms with Crippen LogP contribution in [-0.4, -0.2) is 41.7 Å². The standard InChI is InChI=1S/C8H17FO4/c1-8(2,3)13-7(5-11)12-6(9)4-10/h6-7,10-11H,4-5H2,1-3H3. The topological polar surface area (TPSA) is 58.9 Å². The van der Waals surface area contributed by atoms with E-state index >= 15 is 0 Å². The Balaban J connectivity index is 3.89. The summed E-state index contributed by atoms with van der Waals surface area (Å²) in [4.78, 5) is 0. The Hall–Kier alpha value is -0.230. The highest BCUT2D eigenvalue weighted by Gasteiger charge is 2.21. The molecule has 0 radical (unpaired) electrons. The Kier molecular flexibility index (Phi) is 5.39. The van der Waals surface area contributed by atoms with Crippen molar-refractivity contribution in [1.82, 2.24) is 0 Å². The largest absolute Gasteiger partial charge is 0.391 e. The number of aliphatic hydroxyl groups is 2. The van der Waals surface area contributed by atoms with E-state index in [4.69, 9.17) is 14.9 Å². The van der Waals surface area contributed by atoms with Crippen LogP contribution in [0.2, 0.25) is 0 Å². The highest BCUT2D eigenvalue weighted by Crippen LogP contribution is 2.12. The third-order valence-electron chi connectivity index (χ3n) is 1.08. The molecule has 13 heavy (non-hydrogen) atoms. The molecule has 0 saturated carbocycles. The lowest BCUT2D eigenvalue weighted by molar-refractivity contribution is -0.256. The molecule has 2 atom stereocenters. The van der Waals surface area contributed by atoms with Gasteiger partial charge in [-0.2, -0.15) is 0 Å². The van der Waals surface area contributed by atoms with Crippen molar-refractivity contribution in [2.75, 3.05) is 13.2 Å². The van der Waals surface area contributed by atoms with Crippen LogP contribution in [0.15, 0.2) is 0 Å². The predicted molar refractivity (Wildman–Crippen MR) is 44.8 cm³/mol. The van der Waals surface area contributed by atoms with Gasteiger partial charge in [-0.1, -0.05) is 0 Å². The van der Waals surface area contributed by atoms with E-state index in [1.807, 2.05) is 0 Å². The van der Waals surface area contributed by atoms with Crippen molar-refractivity contribution in [2.45, 2.75) is 39.0 Å². The molecular formula is C8H17FO4. The zero-order valence-electron chi connectivity index (χ0n) is 8.16. The van der Waals surface area contributed by atoms with E-state index in [1.165, 1.54) is 0 Å². The van der Waals surface area contributed by atoms with Gasteiger partial charge in [0.15, 0.2) is 6.29 Å². The SMILES string of the molecule is CC(C)(C)OC(CO)OC(F)CO. The van der Waals surface area contributed by atoms with Crippen LogP contribution in [0, 0.1) is 0 Å². The number of halogens is 1. The summed E-state index contributed by atoms with van der Waals surface area (Å²) in [5.74, 6) is 0. The van der Waals surface area contributed by atoms with Gasteiger partial charge in [-0.05, 0) is 20.8 Å². The zero-order valence-corrected chi connectivity index (χ0v) is 8.16. The summed E-state index contributed by atoms with van der Waals surface area (Å²) in [7, 11) is 0. The second-order valence-electron chi connectivity index (χ2n) is 3.57. The average Bonchev–Trinajstić information content (AvgIpc) is 2.00. The van der Waals surface area contributed by atoms with Crippen molar-refractivity contribution < 1.29 is 24.1 Å². The summed E-state index contributed by atoms with van der Waals surface area (Å²) in [6, 6.07) is 0. The van der Waals surface area contributed by atoms with Crippen LogP contribution in [0.25, 0.3) is 0 Å². The van der Waals surface area contributed by atoms with Crippen molar-refractivity contribution in [3.8, 4) is 0 Å². The van der Waals surface area contributed by atoms with Gasteiger partial charge in [0.05, 0.1) is 18.8 Å². The first-order chi connectivity index (χ1) is 5.89. The van der Waals surface area contributed by atoms with Gasteiger partial charge in [0.25, 0.3) is 0 Å². The second-order valence-corrected chi connectivity index (χ2v) is 3.57. The molecule has 0 amide bonds. The number of hydrogen-bond acceptors (Lipinski definition) is 4. The maximum absolute atomic E-state index is 12.5. The Morgan fingerprint density at radius 1 is 1.23 bits per heavy atom. The van der Waals surface area contributed by atoms with E-state index in [9.17, 15) is 4.39 Å². The molecule has 0 aliphatic heterocycles. The minimum Gasteiger partial charge on any atom is -0.391 e. The minimum absolute atomic E-state index is 0.447. The van der Waals surface area contributed by atoms with Crippen LogP contribution >= 0.6 is 0 Å². The summed E-state index contributed by atoms with van der Waals surface area (Å²) in [6.45, 7) is 4.07. The highest BCUT2D eigenvalue weighted by atomic mass is 19.1. The fourth-order valence-electron chi connectivity index (χ4n) is 0.710. The molecule has 2 N–H and O–H groups in total. The first-order valence-corrected chi connectivity index (χ1v) is 4.08. The zero-order chi connectivity index (χ0) is 10.5. The van der Waals surface area contributed by atoms with Crippen molar-refractivity contribution in [1.29, 1.82) is 0 Å². The molecule has 0 aliphatic rings. The Morgan fingerprint density at radius 2 is 1.77 bits per heavy atom. The number of alkyl halides is 1. The predicted octanol–water partition coefficient (Wildman–Crippen LogP) is 0.424. The lowest BCUT2D eigenvalue weighted by atomic mass is 10.2. The summed E-state index contributed by atoms with van der Waals surface area (Å²) in [5, 5.41) is 17.1. The van der Waals surface area contributed by atoms with E-state index in [1.54, 1.807) is 20.8 Å². The molecule has 2 unspecified atom stereocenters. The molecule has 0 rings (SSSR count). The molecule has 4 nitrogen and oxygen atoms in total. The second kappa shape index (κ2) is 5.49. The van der Waals surface area contributed by atoms with Crippen LogP contribution in [-0.2, 0) is 9.47 Å². The van der Waals surface area contributed by atoms with Crippen LogP contribution in [0.3, 0.4) is 0 Å². The van der Waals surface area contributed by atoms with E-state index < -0.39 is 31.5 Å². The third-order valence-corrected chi connectivity index (χ3v) is 1.08. The van der Waals surface area contributed by atoms with Gasteiger partial charge in [-0.25, -0.2) is 4.39 Å².